The lowest BCUT2D eigenvalue weighted by atomic mass is 10.0. The maximum atomic E-state index is 11.9. The zero-order valence-electron chi connectivity index (χ0n) is 11.8. The summed E-state index contributed by atoms with van der Waals surface area (Å²) in [6.07, 6.45) is 0.131. The molecular formula is C15H19NO4. The molecule has 0 radical (unpaired) electrons. The Hall–Kier alpha value is -2.17. The Labute approximate surface area is 118 Å². The summed E-state index contributed by atoms with van der Waals surface area (Å²) in [5.41, 5.74) is 1.64. The van der Waals surface area contributed by atoms with Crippen LogP contribution in [0.25, 0.3) is 0 Å². The average Bonchev–Trinajstić information content (AvgIpc) is 2.42. The number of carboxylic acids is 1. The van der Waals surface area contributed by atoms with Crippen LogP contribution < -0.4 is 0 Å². The number of benzene rings is 1. The summed E-state index contributed by atoms with van der Waals surface area (Å²) >= 11 is 0. The van der Waals surface area contributed by atoms with Crippen LogP contribution in [-0.2, 0) is 9.59 Å². The lowest BCUT2D eigenvalue weighted by Gasteiger charge is -2.18. The van der Waals surface area contributed by atoms with E-state index in [4.69, 9.17) is 5.11 Å². The maximum absolute atomic E-state index is 11.9. The number of carbonyl (C=O) groups is 3. The van der Waals surface area contributed by atoms with Crippen molar-refractivity contribution in [2.24, 2.45) is 0 Å². The van der Waals surface area contributed by atoms with Gasteiger partial charge in [-0.05, 0) is 13.8 Å². The van der Waals surface area contributed by atoms with Crippen LogP contribution in [0.1, 0.15) is 35.7 Å². The third-order valence-corrected chi connectivity index (χ3v) is 3.00. The third-order valence-electron chi connectivity index (χ3n) is 3.00. The predicted octanol–water partition coefficient (Wildman–Crippen LogP) is 1.89. The van der Waals surface area contributed by atoms with Crippen LogP contribution in [0.3, 0.4) is 0 Å². The number of hydrogen-bond acceptors (Lipinski definition) is 3. The highest BCUT2D eigenvalue weighted by molar-refractivity contribution is 5.98. The molecule has 0 atom stereocenters. The number of aliphatic carboxylic acids is 1. The third kappa shape index (κ3) is 4.84. The van der Waals surface area contributed by atoms with Gasteiger partial charge in [0.1, 0.15) is 6.54 Å². The summed E-state index contributed by atoms with van der Waals surface area (Å²) in [5, 5.41) is 8.68. The van der Waals surface area contributed by atoms with Crippen LogP contribution in [0.4, 0.5) is 0 Å². The van der Waals surface area contributed by atoms with Crippen LogP contribution in [0.15, 0.2) is 24.3 Å². The van der Waals surface area contributed by atoms with Gasteiger partial charge in [0.2, 0.25) is 5.91 Å². The van der Waals surface area contributed by atoms with Crippen molar-refractivity contribution in [1.29, 1.82) is 0 Å². The summed E-state index contributed by atoms with van der Waals surface area (Å²) in [6.45, 7) is 3.64. The summed E-state index contributed by atoms with van der Waals surface area (Å²) in [7, 11) is 0. The molecule has 5 heteroatoms. The Balaban J connectivity index is 2.53. The normalized spacial score (nSPS) is 10.1. The van der Waals surface area contributed by atoms with Crippen molar-refractivity contribution in [2.75, 3.05) is 13.1 Å². The molecule has 1 aromatic carbocycles. The highest BCUT2D eigenvalue weighted by Gasteiger charge is 2.16. The lowest BCUT2D eigenvalue weighted by Crippen LogP contribution is -2.35. The standard InChI is InChI=1S/C15H19NO4/c1-3-16(10-15(19)20)14(18)9-8-13(17)12-6-4-11(2)5-7-12/h4-7H,3,8-10H2,1-2H3,(H,19,20). The van der Waals surface area contributed by atoms with Crippen molar-refractivity contribution < 1.29 is 19.5 Å². The van der Waals surface area contributed by atoms with E-state index < -0.39 is 5.97 Å². The van der Waals surface area contributed by atoms with Crippen LogP contribution >= 0.6 is 0 Å². The molecule has 0 aliphatic heterocycles. The Morgan fingerprint density at radius 1 is 1.10 bits per heavy atom. The summed E-state index contributed by atoms with van der Waals surface area (Å²) < 4.78 is 0. The zero-order valence-corrected chi connectivity index (χ0v) is 11.8. The smallest absolute Gasteiger partial charge is 0.323 e. The molecule has 20 heavy (non-hydrogen) atoms. The number of aryl methyl sites for hydroxylation is 1. The van der Waals surface area contributed by atoms with Gasteiger partial charge in [-0.1, -0.05) is 29.8 Å². The second-order valence-electron chi connectivity index (χ2n) is 4.59. The van der Waals surface area contributed by atoms with Crippen LogP contribution in [0, 0.1) is 6.92 Å². The van der Waals surface area contributed by atoms with E-state index in [0.717, 1.165) is 5.56 Å². The molecule has 1 aromatic rings. The first-order valence-electron chi connectivity index (χ1n) is 6.53. The minimum absolute atomic E-state index is 0.0355. The fourth-order valence-corrected chi connectivity index (χ4v) is 1.80. The second-order valence-corrected chi connectivity index (χ2v) is 4.59. The number of hydrogen-bond donors (Lipinski definition) is 1. The number of carboxylic acid groups (broad SMARTS) is 1. The maximum Gasteiger partial charge on any atom is 0.323 e. The van der Waals surface area contributed by atoms with Gasteiger partial charge in [0.25, 0.3) is 0 Å². The van der Waals surface area contributed by atoms with E-state index >= 15 is 0 Å². The van der Waals surface area contributed by atoms with Crippen LogP contribution in [-0.4, -0.2) is 40.8 Å². The molecule has 0 aromatic heterocycles. The van der Waals surface area contributed by atoms with Crippen molar-refractivity contribution in [3.63, 3.8) is 0 Å². The molecule has 5 nitrogen and oxygen atoms in total. The van der Waals surface area contributed by atoms with Crippen molar-refractivity contribution in [3.05, 3.63) is 35.4 Å². The number of amides is 1. The van der Waals surface area contributed by atoms with Gasteiger partial charge >= 0.3 is 5.97 Å². The number of ketones is 1. The molecule has 0 heterocycles. The molecule has 1 rings (SSSR count). The molecule has 1 amide bonds. The number of likely N-dealkylation sites (N-methyl/N-ethyl adjacent to an activating group) is 1. The molecule has 0 aliphatic carbocycles. The SMILES string of the molecule is CCN(CC(=O)O)C(=O)CCC(=O)c1ccc(C)cc1. The van der Waals surface area contributed by atoms with E-state index in [1.165, 1.54) is 4.90 Å². The number of carbonyl (C=O) groups excluding carboxylic acids is 2. The molecule has 0 saturated heterocycles. The number of nitrogens with zero attached hydrogens (tertiary/aromatic N) is 1. The molecule has 0 unspecified atom stereocenters. The lowest BCUT2D eigenvalue weighted by molar-refractivity contribution is -0.144. The topological polar surface area (TPSA) is 74.7 Å². The van der Waals surface area contributed by atoms with Gasteiger partial charge < -0.3 is 10.0 Å². The molecule has 0 bridgehead atoms. The number of Topliss-reactive ketones (excluding diaryl/α,β-unsaturated/α-hetero) is 1. The van der Waals surface area contributed by atoms with E-state index in [2.05, 4.69) is 0 Å². The Bertz CT molecular complexity index is 493. The van der Waals surface area contributed by atoms with Gasteiger partial charge in [-0.25, -0.2) is 0 Å². The van der Waals surface area contributed by atoms with E-state index in [-0.39, 0.29) is 31.1 Å². The fraction of sp³-hybridized carbons (Fsp3) is 0.400. The summed E-state index contributed by atoms with van der Waals surface area (Å²) in [5.74, 6) is -1.47. The van der Waals surface area contributed by atoms with Gasteiger partial charge in [0.05, 0.1) is 0 Å². The molecule has 0 spiro atoms. The molecule has 0 saturated carbocycles. The van der Waals surface area contributed by atoms with E-state index in [1.54, 1.807) is 19.1 Å². The molecule has 0 fully saturated rings. The zero-order chi connectivity index (χ0) is 15.1. The van der Waals surface area contributed by atoms with Gasteiger partial charge in [-0.15, -0.1) is 0 Å². The quantitative estimate of drug-likeness (QED) is 0.772. The monoisotopic (exact) mass is 277 g/mol. The fourth-order valence-electron chi connectivity index (χ4n) is 1.80. The average molecular weight is 277 g/mol. The predicted molar refractivity (Wildman–Crippen MR) is 74.6 cm³/mol. The van der Waals surface area contributed by atoms with Crippen molar-refractivity contribution in [2.45, 2.75) is 26.7 Å². The largest absolute Gasteiger partial charge is 0.480 e. The molecular weight excluding hydrogens is 258 g/mol. The Kier molecular flexibility index (Phi) is 5.90. The van der Waals surface area contributed by atoms with Gasteiger partial charge in [-0.3, -0.25) is 14.4 Å². The van der Waals surface area contributed by atoms with Crippen molar-refractivity contribution in [3.8, 4) is 0 Å². The highest BCUT2D eigenvalue weighted by Crippen LogP contribution is 2.08. The van der Waals surface area contributed by atoms with Crippen LogP contribution in [0.2, 0.25) is 0 Å². The van der Waals surface area contributed by atoms with Gasteiger partial charge in [0.15, 0.2) is 5.78 Å². The highest BCUT2D eigenvalue weighted by atomic mass is 16.4. The molecule has 108 valence electrons. The molecule has 1 N–H and O–H groups in total. The van der Waals surface area contributed by atoms with Crippen LogP contribution in [0.5, 0.6) is 0 Å². The Morgan fingerprint density at radius 2 is 1.70 bits per heavy atom. The van der Waals surface area contributed by atoms with Crippen molar-refractivity contribution in [1.82, 2.24) is 4.90 Å². The second kappa shape index (κ2) is 7.43. The minimum atomic E-state index is -1.05. The first kappa shape index (κ1) is 15.9. The summed E-state index contributed by atoms with van der Waals surface area (Å²) in [4.78, 5) is 35.5. The summed E-state index contributed by atoms with van der Waals surface area (Å²) in [6, 6.07) is 7.16. The minimum Gasteiger partial charge on any atom is -0.480 e. The van der Waals surface area contributed by atoms with E-state index in [9.17, 15) is 14.4 Å². The first-order valence-corrected chi connectivity index (χ1v) is 6.53. The van der Waals surface area contributed by atoms with E-state index in [0.29, 0.717) is 12.1 Å². The first-order chi connectivity index (χ1) is 9.43. The van der Waals surface area contributed by atoms with E-state index in [1.807, 2.05) is 19.1 Å². The number of rotatable bonds is 7. The van der Waals surface area contributed by atoms with Gasteiger partial charge in [0, 0.05) is 24.9 Å². The molecule has 0 aliphatic rings. The van der Waals surface area contributed by atoms with Gasteiger partial charge in [-0.2, -0.15) is 0 Å². The van der Waals surface area contributed by atoms with Crippen molar-refractivity contribution >= 4 is 17.7 Å². The Morgan fingerprint density at radius 3 is 2.20 bits per heavy atom.